The van der Waals surface area contributed by atoms with Gasteiger partial charge in [-0.25, -0.2) is 9.59 Å². The number of ether oxygens (including phenoxy) is 2. The molecule has 0 amide bonds. The lowest BCUT2D eigenvalue weighted by molar-refractivity contribution is -0.164. The molecule has 1 aliphatic heterocycles. The van der Waals surface area contributed by atoms with Gasteiger partial charge in [-0.15, -0.1) is 0 Å². The second kappa shape index (κ2) is 5.28. The van der Waals surface area contributed by atoms with Gasteiger partial charge in [0.25, 0.3) is 0 Å². The molecule has 0 saturated heterocycles. The van der Waals surface area contributed by atoms with E-state index in [9.17, 15) is 9.59 Å². The van der Waals surface area contributed by atoms with Crippen LogP contribution in [0.1, 0.15) is 32.6 Å². The number of hydrogen-bond donors (Lipinski definition) is 0. The van der Waals surface area contributed by atoms with E-state index < -0.39 is 18.0 Å². The molecule has 0 aromatic carbocycles. The number of cyclic esters (lactones) is 2. The first kappa shape index (κ1) is 10.6. The van der Waals surface area contributed by atoms with E-state index in [2.05, 4.69) is 23.7 Å². The van der Waals surface area contributed by atoms with Gasteiger partial charge in [-0.2, -0.15) is 0 Å². The Morgan fingerprint density at radius 2 is 2.07 bits per heavy atom. The minimum Gasteiger partial charge on any atom is -0.441 e. The maximum Gasteiger partial charge on any atom is 0.431 e. The first-order valence-electron chi connectivity index (χ1n) is 4.66. The lowest BCUT2D eigenvalue weighted by atomic mass is 10.1. The summed E-state index contributed by atoms with van der Waals surface area (Å²) in [5.74, 6) is 0.565. The van der Waals surface area contributed by atoms with Crippen molar-refractivity contribution in [2.75, 3.05) is 0 Å². The van der Waals surface area contributed by atoms with E-state index in [1.807, 2.05) is 0 Å². The molecule has 4 heteroatoms. The van der Waals surface area contributed by atoms with Gasteiger partial charge in [0, 0.05) is 0 Å². The highest BCUT2D eigenvalue weighted by atomic mass is 16.6. The summed E-state index contributed by atoms with van der Waals surface area (Å²) in [5, 5.41) is 0. The summed E-state index contributed by atoms with van der Waals surface area (Å²) in [4.78, 5) is 21.6. The molecule has 0 N–H and O–H groups in total. The summed E-state index contributed by atoms with van der Waals surface area (Å²) >= 11 is 0. The van der Waals surface area contributed by atoms with Crippen LogP contribution in [-0.2, 0) is 19.1 Å². The lowest BCUT2D eigenvalue weighted by Crippen LogP contribution is -2.22. The molecule has 0 aromatic rings. The van der Waals surface area contributed by atoms with Crippen molar-refractivity contribution in [3.8, 4) is 12.0 Å². The van der Waals surface area contributed by atoms with Crippen LogP contribution >= 0.6 is 0 Å². The number of unbranched alkanes of at least 4 members (excludes halogenated alkanes) is 2. The van der Waals surface area contributed by atoms with Gasteiger partial charge in [0.15, 0.2) is 6.10 Å². The van der Waals surface area contributed by atoms with Gasteiger partial charge >= 0.3 is 11.9 Å². The van der Waals surface area contributed by atoms with Crippen molar-refractivity contribution in [1.82, 2.24) is 0 Å². The first-order chi connectivity index (χ1) is 6.74. The summed E-state index contributed by atoms with van der Waals surface area (Å²) in [5.41, 5.74) is 0. The van der Waals surface area contributed by atoms with Gasteiger partial charge in [0.1, 0.15) is 6.11 Å². The highest BCUT2D eigenvalue weighted by molar-refractivity contribution is 6.30. The molecule has 0 aromatic heterocycles. The molecule has 0 bridgehead atoms. The van der Waals surface area contributed by atoms with Gasteiger partial charge in [0.05, 0.1) is 0 Å². The SMILES string of the molecule is CCCCCC1C#COC(=O)C(=O)O1. The molecule has 0 fully saturated rings. The smallest absolute Gasteiger partial charge is 0.431 e. The minimum atomic E-state index is -1.03. The van der Waals surface area contributed by atoms with Crippen LogP contribution in [0.3, 0.4) is 0 Å². The topological polar surface area (TPSA) is 52.6 Å². The first-order valence-corrected chi connectivity index (χ1v) is 4.66. The molecule has 4 nitrogen and oxygen atoms in total. The Hall–Kier alpha value is -1.50. The predicted octanol–water partition coefficient (Wildman–Crippen LogP) is 0.996. The molecule has 1 aliphatic rings. The average molecular weight is 196 g/mol. The van der Waals surface area contributed by atoms with Crippen molar-refractivity contribution in [2.45, 2.75) is 38.7 Å². The van der Waals surface area contributed by atoms with E-state index in [-0.39, 0.29) is 0 Å². The molecule has 76 valence electrons. The summed E-state index contributed by atoms with van der Waals surface area (Å²) in [7, 11) is 0. The van der Waals surface area contributed by atoms with E-state index in [4.69, 9.17) is 4.74 Å². The van der Waals surface area contributed by atoms with Gasteiger partial charge < -0.3 is 9.47 Å². The third kappa shape index (κ3) is 3.09. The molecule has 1 unspecified atom stereocenters. The van der Waals surface area contributed by atoms with Crippen LogP contribution in [0.2, 0.25) is 0 Å². The zero-order valence-corrected chi connectivity index (χ0v) is 8.04. The van der Waals surface area contributed by atoms with Crippen LogP contribution in [0.15, 0.2) is 0 Å². The fourth-order valence-electron chi connectivity index (χ4n) is 1.10. The molecule has 0 saturated carbocycles. The van der Waals surface area contributed by atoms with Crippen molar-refractivity contribution >= 4 is 11.9 Å². The third-order valence-electron chi connectivity index (χ3n) is 1.85. The summed E-state index contributed by atoms with van der Waals surface area (Å²) in [6, 6.07) is 0. The zero-order chi connectivity index (χ0) is 10.4. The van der Waals surface area contributed by atoms with Gasteiger partial charge in [0.2, 0.25) is 0 Å². The fourth-order valence-corrected chi connectivity index (χ4v) is 1.10. The number of esters is 2. The highest BCUT2D eigenvalue weighted by Gasteiger charge is 2.23. The second-order valence-corrected chi connectivity index (χ2v) is 3.03. The van der Waals surface area contributed by atoms with Crippen LogP contribution < -0.4 is 0 Å². The summed E-state index contributed by atoms with van der Waals surface area (Å²) < 4.78 is 9.06. The van der Waals surface area contributed by atoms with Crippen LogP contribution in [0.5, 0.6) is 0 Å². The molecule has 0 radical (unpaired) electrons. The fraction of sp³-hybridized carbons (Fsp3) is 0.600. The molecular formula is C10H12O4. The zero-order valence-electron chi connectivity index (χ0n) is 8.04. The summed E-state index contributed by atoms with van der Waals surface area (Å²) in [6.07, 6.45) is 5.39. The van der Waals surface area contributed by atoms with Gasteiger partial charge in [-0.05, 0) is 18.8 Å². The monoisotopic (exact) mass is 196 g/mol. The van der Waals surface area contributed by atoms with E-state index in [0.717, 1.165) is 19.3 Å². The third-order valence-corrected chi connectivity index (χ3v) is 1.85. The molecule has 1 heterocycles. The van der Waals surface area contributed by atoms with Crippen molar-refractivity contribution in [3.05, 3.63) is 0 Å². The number of carbonyl (C=O) groups is 2. The van der Waals surface area contributed by atoms with Crippen LogP contribution in [0.25, 0.3) is 0 Å². The van der Waals surface area contributed by atoms with Crippen LogP contribution in [-0.4, -0.2) is 18.0 Å². The van der Waals surface area contributed by atoms with Crippen molar-refractivity contribution in [3.63, 3.8) is 0 Å². The largest absolute Gasteiger partial charge is 0.441 e. The molecule has 14 heavy (non-hydrogen) atoms. The number of hydrogen-bond acceptors (Lipinski definition) is 4. The van der Waals surface area contributed by atoms with Crippen molar-refractivity contribution in [2.24, 2.45) is 0 Å². The van der Waals surface area contributed by atoms with Crippen LogP contribution in [0.4, 0.5) is 0 Å². The second-order valence-electron chi connectivity index (χ2n) is 3.03. The van der Waals surface area contributed by atoms with Crippen molar-refractivity contribution < 1.29 is 19.1 Å². The Morgan fingerprint density at radius 3 is 2.79 bits per heavy atom. The normalized spacial score (nSPS) is 20.2. The Kier molecular flexibility index (Phi) is 3.99. The average Bonchev–Trinajstić information content (AvgIpc) is 2.31. The molecule has 1 atom stereocenters. The highest BCUT2D eigenvalue weighted by Crippen LogP contribution is 2.08. The molecule has 1 rings (SSSR count). The Morgan fingerprint density at radius 1 is 1.29 bits per heavy atom. The Balaban J connectivity index is 2.40. The number of rotatable bonds is 4. The number of carbonyl (C=O) groups excluding carboxylic acids is 2. The molecule has 0 aliphatic carbocycles. The van der Waals surface area contributed by atoms with E-state index in [1.165, 1.54) is 0 Å². The lowest BCUT2D eigenvalue weighted by Gasteiger charge is -2.07. The maximum absolute atomic E-state index is 10.9. The van der Waals surface area contributed by atoms with Crippen LogP contribution in [0, 0.1) is 12.0 Å². The standard InChI is InChI=1S/C10H12O4/c1-2-3-4-5-8-6-7-13-9(11)10(12)14-8/h8H,2-5H2,1H3. The quantitative estimate of drug-likeness (QED) is 0.291. The minimum absolute atomic E-state index is 0.500. The van der Waals surface area contributed by atoms with Crippen molar-refractivity contribution in [1.29, 1.82) is 0 Å². The van der Waals surface area contributed by atoms with E-state index in [0.29, 0.717) is 6.42 Å². The van der Waals surface area contributed by atoms with Gasteiger partial charge in [-0.3, -0.25) is 0 Å². The predicted molar refractivity (Wildman–Crippen MR) is 47.9 cm³/mol. The maximum atomic E-state index is 10.9. The Labute approximate surface area is 82.6 Å². The molecule has 0 spiro atoms. The molecular weight excluding hydrogens is 184 g/mol. The summed E-state index contributed by atoms with van der Waals surface area (Å²) in [6.45, 7) is 2.08. The Bertz CT molecular complexity index is 284. The van der Waals surface area contributed by atoms with Gasteiger partial charge in [-0.1, -0.05) is 19.8 Å². The van der Waals surface area contributed by atoms with E-state index >= 15 is 0 Å². The van der Waals surface area contributed by atoms with E-state index in [1.54, 1.807) is 0 Å².